The van der Waals surface area contributed by atoms with E-state index < -0.39 is 23.4 Å². The van der Waals surface area contributed by atoms with Gasteiger partial charge in [0.2, 0.25) is 5.91 Å². The van der Waals surface area contributed by atoms with Crippen molar-refractivity contribution in [3.8, 4) is 0 Å². The molecule has 0 bridgehead atoms. The largest absolute Gasteiger partial charge is 0.462 e. The van der Waals surface area contributed by atoms with Crippen LogP contribution in [0.1, 0.15) is 28.4 Å². The summed E-state index contributed by atoms with van der Waals surface area (Å²) in [5.41, 5.74) is -0.0893. The number of nitrogens with one attached hydrogen (secondary N) is 1. The number of aliphatic hydroxyl groups is 1. The lowest BCUT2D eigenvalue weighted by atomic mass is 9.88. The van der Waals surface area contributed by atoms with Crippen LogP contribution in [0.4, 0.5) is 11.4 Å². The molecule has 0 saturated heterocycles. The zero-order valence-electron chi connectivity index (χ0n) is 17.4. The summed E-state index contributed by atoms with van der Waals surface area (Å²) in [7, 11) is 0. The number of esters is 1. The van der Waals surface area contributed by atoms with E-state index in [0.29, 0.717) is 16.8 Å². The van der Waals surface area contributed by atoms with E-state index in [4.69, 9.17) is 4.74 Å². The summed E-state index contributed by atoms with van der Waals surface area (Å²) < 4.78 is 5.04. The van der Waals surface area contributed by atoms with Gasteiger partial charge in [0.1, 0.15) is 6.54 Å². The molecule has 32 heavy (non-hydrogen) atoms. The smallest absolute Gasteiger partial charge is 0.340 e. The van der Waals surface area contributed by atoms with Crippen molar-refractivity contribution in [3.05, 3.63) is 95.6 Å². The molecule has 1 atom stereocenters. The highest BCUT2D eigenvalue weighted by molar-refractivity contribution is 6.13. The zero-order valence-corrected chi connectivity index (χ0v) is 17.4. The second kappa shape index (κ2) is 8.64. The van der Waals surface area contributed by atoms with Gasteiger partial charge in [0.25, 0.3) is 5.91 Å². The molecule has 7 nitrogen and oxygen atoms in total. The number of amides is 2. The normalized spacial score (nSPS) is 17.1. The van der Waals surface area contributed by atoms with Gasteiger partial charge in [-0.05, 0) is 30.7 Å². The second-order valence-electron chi connectivity index (χ2n) is 7.30. The van der Waals surface area contributed by atoms with E-state index in [1.165, 1.54) is 4.90 Å². The lowest BCUT2D eigenvalue weighted by Gasteiger charge is -2.23. The van der Waals surface area contributed by atoms with Gasteiger partial charge in [0.15, 0.2) is 5.60 Å². The van der Waals surface area contributed by atoms with E-state index in [9.17, 15) is 19.5 Å². The summed E-state index contributed by atoms with van der Waals surface area (Å²) in [6, 6.07) is 22.0. The fourth-order valence-corrected chi connectivity index (χ4v) is 3.86. The Morgan fingerprint density at radius 3 is 2.38 bits per heavy atom. The molecule has 7 heteroatoms. The van der Waals surface area contributed by atoms with Gasteiger partial charge in [-0.25, -0.2) is 4.79 Å². The van der Waals surface area contributed by atoms with Crippen LogP contribution in [0, 0.1) is 0 Å². The SMILES string of the molecule is CCOC(=O)c1ccccc1NC(=O)CN1C(=O)[C@](O)(c2ccccc2)c2ccccc21. The number of para-hydroxylation sites is 2. The van der Waals surface area contributed by atoms with E-state index in [0.717, 1.165) is 0 Å². The molecule has 1 aliphatic rings. The van der Waals surface area contributed by atoms with Crippen molar-refractivity contribution in [3.63, 3.8) is 0 Å². The average Bonchev–Trinajstić information content (AvgIpc) is 3.03. The molecule has 0 spiro atoms. The fourth-order valence-electron chi connectivity index (χ4n) is 3.86. The van der Waals surface area contributed by atoms with Crippen molar-refractivity contribution in [1.82, 2.24) is 0 Å². The number of carbonyl (C=O) groups excluding carboxylic acids is 3. The van der Waals surface area contributed by atoms with Gasteiger partial charge in [-0.3, -0.25) is 14.5 Å². The summed E-state index contributed by atoms with van der Waals surface area (Å²) in [6.45, 7) is 1.57. The quantitative estimate of drug-likeness (QED) is 0.586. The minimum absolute atomic E-state index is 0.207. The number of benzene rings is 3. The summed E-state index contributed by atoms with van der Waals surface area (Å²) >= 11 is 0. The number of hydrogen-bond acceptors (Lipinski definition) is 5. The number of ether oxygens (including phenoxy) is 1. The van der Waals surface area contributed by atoms with E-state index in [-0.39, 0.29) is 24.4 Å². The minimum Gasteiger partial charge on any atom is -0.462 e. The van der Waals surface area contributed by atoms with Crippen molar-refractivity contribution < 1.29 is 24.2 Å². The van der Waals surface area contributed by atoms with Crippen LogP contribution in [0.15, 0.2) is 78.9 Å². The predicted octanol–water partition coefficient (Wildman–Crippen LogP) is 3.08. The molecular formula is C25H22N2O5. The number of hydrogen-bond donors (Lipinski definition) is 2. The van der Waals surface area contributed by atoms with Crippen LogP contribution < -0.4 is 10.2 Å². The van der Waals surface area contributed by atoms with Crippen LogP contribution in [0.2, 0.25) is 0 Å². The van der Waals surface area contributed by atoms with Crippen molar-refractivity contribution in [1.29, 1.82) is 0 Å². The fraction of sp³-hybridized carbons (Fsp3) is 0.160. The maximum Gasteiger partial charge on any atom is 0.340 e. The number of fused-ring (bicyclic) bond motifs is 1. The lowest BCUT2D eigenvalue weighted by molar-refractivity contribution is -0.133. The maximum atomic E-state index is 13.4. The van der Waals surface area contributed by atoms with Gasteiger partial charge < -0.3 is 15.2 Å². The van der Waals surface area contributed by atoms with Crippen molar-refractivity contribution in [2.45, 2.75) is 12.5 Å². The first-order valence-electron chi connectivity index (χ1n) is 10.2. The predicted molar refractivity (Wildman–Crippen MR) is 119 cm³/mol. The van der Waals surface area contributed by atoms with Crippen LogP contribution in [0.25, 0.3) is 0 Å². The van der Waals surface area contributed by atoms with E-state index in [2.05, 4.69) is 5.32 Å². The lowest BCUT2D eigenvalue weighted by Crippen LogP contribution is -2.44. The van der Waals surface area contributed by atoms with E-state index in [1.807, 2.05) is 0 Å². The van der Waals surface area contributed by atoms with Crippen molar-refractivity contribution in [2.24, 2.45) is 0 Å². The third-order valence-electron chi connectivity index (χ3n) is 5.33. The Balaban J connectivity index is 1.62. The summed E-state index contributed by atoms with van der Waals surface area (Å²) in [5, 5.41) is 14.1. The number of anilines is 2. The minimum atomic E-state index is -1.89. The molecule has 3 aromatic rings. The molecule has 0 fully saturated rings. The molecule has 1 heterocycles. The Kier molecular flexibility index (Phi) is 5.75. The first-order chi connectivity index (χ1) is 15.5. The van der Waals surface area contributed by atoms with Crippen LogP contribution in [0.5, 0.6) is 0 Å². The molecule has 0 radical (unpaired) electrons. The number of nitrogens with zero attached hydrogens (tertiary/aromatic N) is 1. The van der Waals surface area contributed by atoms with Gasteiger partial charge in [-0.1, -0.05) is 60.7 Å². The highest BCUT2D eigenvalue weighted by Gasteiger charge is 2.51. The van der Waals surface area contributed by atoms with Gasteiger partial charge in [-0.2, -0.15) is 0 Å². The van der Waals surface area contributed by atoms with Gasteiger partial charge >= 0.3 is 5.97 Å². The molecule has 4 rings (SSSR count). The summed E-state index contributed by atoms with van der Waals surface area (Å²) in [5.74, 6) is -1.68. The Labute approximate surface area is 185 Å². The summed E-state index contributed by atoms with van der Waals surface area (Å²) in [6.07, 6.45) is 0. The molecule has 1 aliphatic heterocycles. The van der Waals surface area contributed by atoms with Gasteiger partial charge in [0, 0.05) is 5.56 Å². The number of rotatable bonds is 6. The van der Waals surface area contributed by atoms with Crippen LogP contribution in [-0.4, -0.2) is 36.0 Å². The molecule has 0 aliphatic carbocycles. The van der Waals surface area contributed by atoms with Crippen LogP contribution in [0.3, 0.4) is 0 Å². The molecule has 0 saturated carbocycles. The molecule has 162 valence electrons. The van der Waals surface area contributed by atoms with Crippen molar-refractivity contribution >= 4 is 29.2 Å². The Morgan fingerprint density at radius 2 is 1.62 bits per heavy atom. The monoisotopic (exact) mass is 430 g/mol. The molecule has 3 aromatic carbocycles. The first kappa shape index (κ1) is 21.3. The van der Waals surface area contributed by atoms with Gasteiger partial charge in [-0.15, -0.1) is 0 Å². The Hall–Kier alpha value is -3.97. The molecular weight excluding hydrogens is 408 g/mol. The standard InChI is InChI=1S/C25H22N2O5/c1-2-32-23(29)18-12-6-8-14-20(18)26-22(28)16-27-21-15-9-7-13-19(21)25(31,24(27)30)17-10-4-3-5-11-17/h3-15,31H,2,16H2,1H3,(H,26,28)/t25-/m0/s1. The number of carbonyl (C=O) groups is 3. The van der Waals surface area contributed by atoms with Crippen LogP contribution in [-0.2, 0) is 19.9 Å². The Morgan fingerprint density at radius 1 is 0.969 bits per heavy atom. The molecule has 2 amide bonds. The summed E-state index contributed by atoms with van der Waals surface area (Å²) in [4.78, 5) is 39.7. The van der Waals surface area contributed by atoms with E-state index in [1.54, 1.807) is 85.8 Å². The third kappa shape index (κ3) is 3.63. The topological polar surface area (TPSA) is 95.9 Å². The van der Waals surface area contributed by atoms with E-state index >= 15 is 0 Å². The van der Waals surface area contributed by atoms with Crippen molar-refractivity contribution in [2.75, 3.05) is 23.4 Å². The molecule has 2 N–H and O–H groups in total. The third-order valence-corrected chi connectivity index (χ3v) is 5.33. The second-order valence-corrected chi connectivity index (χ2v) is 7.30. The van der Waals surface area contributed by atoms with Gasteiger partial charge in [0.05, 0.1) is 23.5 Å². The highest BCUT2D eigenvalue weighted by Crippen LogP contribution is 2.44. The maximum absolute atomic E-state index is 13.4. The zero-order chi connectivity index (χ0) is 22.7. The molecule has 0 unspecified atom stereocenters. The molecule has 0 aromatic heterocycles. The average molecular weight is 430 g/mol. The first-order valence-corrected chi connectivity index (χ1v) is 10.2. The Bertz CT molecular complexity index is 1180. The van der Waals surface area contributed by atoms with Crippen LogP contribution >= 0.6 is 0 Å². The highest BCUT2D eigenvalue weighted by atomic mass is 16.5.